The third kappa shape index (κ3) is 4.39. The highest BCUT2D eigenvalue weighted by molar-refractivity contribution is 7.99. The summed E-state index contributed by atoms with van der Waals surface area (Å²) in [5, 5.41) is 21.9. The lowest BCUT2D eigenvalue weighted by Gasteiger charge is -2.05. The summed E-state index contributed by atoms with van der Waals surface area (Å²) in [4.78, 5) is 26.6. The normalized spacial score (nSPS) is 10.3. The van der Waals surface area contributed by atoms with Crippen molar-refractivity contribution in [3.05, 3.63) is 70.9 Å². The maximum atomic E-state index is 12.0. The van der Waals surface area contributed by atoms with Crippen LogP contribution in [0.2, 0.25) is 0 Å². The molecule has 0 saturated carbocycles. The van der Waals surface area contributed by atoms with Gasteiger partial charge in [0.15, 0.2) is 0 Å². The van der Waals surface area contributed by atoms with E-state index in [-0.39, 0.29) is 23.0 Å². The summed E-state index contributed by atoms with van der Waals surface area (Å²) < 4.78 is 0. The van der Waals surface area contributed by atoms with Gasteiger partial charge in [0, 0.05) is 11.6 Å². The Bertz CT molecular complexity index is 919. The average Bonchev–Trinajstić information content (AvgIpc) is 2.68. The Labute approximate surface area is 152 Å². The van der Waals surface area contributed by atoms with E-state index >= 15 is 0 Å². The first-order chi connectivity index (χ1) is 12.6. The van der Waals surface area contributed by atoms with Crippen LogP contribution in [0.25, 0.3) is 11.3 Å². The molecule has 2 aromatic carbocycles. The third-order valence-electron chi connectivity index (χ3n) is 3.32. The van der Waals surface area contributed by atoms with E-state index in [4.69, 9.17) is 0 Å². The van der Waals surface area contributed by atoms with Gasteiger partial charge in [-0.05, 0) is 6.07 Å². The molecule has 0 bridgehead atoms. The van der Waals surface area contributed by atoms with Gasteiger partial charge in [0.25, 0.3) is 5.69 Å². The molecule has 0 spiro atoms. The van der Waals surface area contributed by atoms with E-state index in [0.717, 1.165) is 17.3 Å². The predicted octanol–water partition coefficient (Wildman–Crippen LogP) is 3.18. The molecule has 0 aliphatic heterocycles. The van der Waals surface area contributed by atoms with Crippen LogP contribution >= 0.6 is 11.8 Å². The first-order valence-corrected chi connectivity index (χ1v) is 8.53. The van der Waals surface area contributed by atoms with Gasteiger partial charge in [-0.3, -0.25) is 14.9 Å². The zero-order valence-electron chi connectivity index (χ0n) is 13.4. The van der Waals surface area contributed by atoms with Crippen LogP contribution in [0, 0.1) is 10.1 Å². The van der Waals surface area contributed by atoms with Crippen molar-refractivity contribution >= 4 is 29.0 Å². The highest BCUT2D eigenvalue weighted by Crippen LogP contribution is 2.24. The smallest absolute Gasteiger partial charge is 0.292 e. The molecule has 0 fully saturated rings. The minimum Gasteiger partial charge on any atom is -0.320 e. The van der Waals surface area contributed by atoms with E-state index < -0.39 is 4.92 Å². The van der Waals surface area contributed by atoms with Crippen LogP contribution in [0.15, 0.2) is 66.0 Å². The second kappa shape index (κ2) is 8.17. The van der Waals surface area contributed by atoms with E-state index in [1.54, 1.807) is 12.3 Å². The van der Waals surface area contributed by atoms with Crippen LogP contribution in [-0.2, 0) is 4.79 Å². The van der Waals surface area contributed by atoms with E-state index in [1.807, 2.05) is 30.3 Å². The zero-order valence-corrected chi connectivity index (χ0v) is 14.2. The molecule has 1 aromatic heterocycles. The Kier molecular flexibility index (Phi) is 5.49. The number of carbonyl (C=O) groups is 1. The van der Waals surface area contributed by atoms with Crippen molar-refractivity contribution in [2.24, 2.45) is 0 Å². The molecular formula is C17H13N5O3S. The summed E-state index contributed by atoms with van der Waals surface area (Å²) in [6, 6.07) is 15.5. The van der Waals surface area contributed by atoms with Crippen molar-refractivity contribution in [1.29, 1.82) is 0 Å². The number of amides is 1. The second-order valence-corrected chi connectivity index (χ2v) is 6.05. The zero-order chi connectivity index (χ0) is 18.4. The summed E-state index contributed by atoms with van der Waals surface area (Å²) in [7, 11) is 0. The number of benzene rings is 2. The number of rotatable bonds is 6. The van der Waals surface area contributed by atoms with Crippen LogP contribution in [0.1, 0.15) is 0 Å². The number of nitro groups is 1. The summed E-state index contributed by atoms with van der Waals surface area (Å²) in [6.45, 7) is 0. The van der Waals surface area contributed by atoms with E-state index in [9.17, 15) is 14.9 Å². The van der Waals surface area contributed by atoms with Crippen molar-refractivity contribution < 1.29 is 9.72 Å². The summed E-state index contributed by atoms with van der Waals surface area (Å²) >= 11 is 1.10. The second-order valence-electron chi connectivity index (χ2n) is 5.10. The fourth-order valence-electron chi connectivity index (χ4n) is 2.13. The molecule has 0 aliphatic carbocycles. The summed E-state index contributed by atoms with van der Waals surface area (Å²) in [6.07, 6.45) is 1.59. The number of anilines is 1. The molecule has 8 nitrogen and oxygen atoms in total. The number of aromatic nitrogens is 3. The van der Waals surface area contributed by atoms with E-state index in [1.165, 1.54) is 18.2 Å². The lowest BCUT2D eigenvalue weighted by Crippen LogP contribution is -2.15. The molecule has 0 unspecified atom stereocenters. The van der Waals surface area contributed by atoms with Gasteiger partial charge in [-0.25, -0.2) is 4.98 Å². The van der Waals surface area contributed by atoms with Crippen LogP contribution in [0.4, 0.5) is 11.4 Å². The molecule has 9 heteroatoms. The van der Waals surface area contributed by atoms with Gasteiger partial charge in [-0.2, -0.15) is 0 Å². The fraction of sp³-hybridized carbons (Fsp3) is 0.0588. The van der Waals surface area contributed by atoms with Gasteiger partial charge >= 0.3 is 0 Å². The number of nitrogens with zero attached hydrogens (tertiary/aromatic N) is 4. The summed E-state index contributed by atoms with van der Waals surface area (Å²) in [5.41, 5.74) is 1.54. The van der Waals surface area contributed by atoms with Gasteiger partial charge in [0.2, 0.25) is 11.1 Å². The molecule has 26 heavy (non-hydrogen) atoms. The number of para-hydroxylation sites is 2. The Morgan fingerprint density at radius 2 is 1.81 bits per heavy atom. The Morgan fingerprint density at radius 3 is 2.50 bits per heavy atom. The Morgan fingerprint density at radius 1 is 1.08 bits per heavy atom. The molecule has 0 saturated heterocycles. The highest BCUT2D eigenvalue weighted by Gasteiger charge is 2.15. The quantitative estimate of drug-likeness (QED) is 0.404. The van der Waals surface area contributed by atoms with Crippen molar-refractivity contribution in [2.75, 3.05) is 11.1 Å². The maximum Gasteiger partial charge on any atom is 0.292 e. The topological polar surface area (TPSA) is 111 Å². The monoisotopic (exact) mass is 367 g/mol. The van der Waals surface area contributed by atoms with Crippen molar-refractivity contribution in [1.82, 2.24) is 15.2 Å². The number of nitro benzene ring substituents is 1. The van der Waals surface area contributed by atoms with Gasteiger partial charge in [0.1, 0.15) is 11.4 Å². The number of carbonyl (C=O) groups excluding carboxylic acids is 1. The fourth-order valence-corrected chi connectivity index (χ4v) is 2.69. The first kappa shape index (κ1) is 17.5. The van der Waals surface area contributed by atoms with Gasteiger partial charge < -0.3 is 5.32 Å². The highest BCUT2D eigenvalue weighted by atomic mass is 32.2. The SMILES string of the molecule is O=C(CSc1ncc(-c2ccccc2)nn1)Nc1ccccc1[N+](=O)[O-]. The van der Waals surface area contributed by atoms with Crippen LogP contribution < -0.4 is 5.32 Å². The Balaban J connectivity index is 1.59. The van der Waals surface area contributed by atoms with Crippen molar-refractivity contribution in [3.8, 4) is 11.3 Å². The van der Waals surface area contributed by atoms with Crippen molar-refractivity contribution in [3.63, 3.8) is 0 Å². The van der Waals surface area contributed by atoms with Crippen LogP contribution in [-0.4, -0.2) is 31.8 Å². The lowest BCUT2D eigenvalue weighted by atomic mass is 10.2. The number of thioether (sulfide) groups is 1. The molecule has 1 N–H and O–H groups in total. The minimum absolute atomic E-state index is 0.0123. The minimum atomic E-state index is -0.544. The van der Waals surface area contributed by atoms with E-state index in [0.29, 0.717) is 10.9 Å². The molecule has 1 heterocycles. The van der Waals surface area contributed by atoms with Gasteiger partial charge in [-0.15, -0.1) is 10.2 Å². The Hall–Kier alpha value is -3.33. The van der Waals surface area contributed by atoms with Gasteiger partial charge in [0.05, 0.1) is 16.9 Å². The molecule has 3 aromatic rings. The molecule has 0 atom stereocenters. The van der Waals surface area contributed by atoms with Crippen LogP contribution in [0.3, 0.4) is 0 Å². The molecule has 130 valence electrons. The molecular weight excluding hydrogens is 354 g/mol. The largest absolute Gasteiger partial charge is 0.320 e. The van der Waals surface area contributed by atoms with Crippen LogP contribution in [0.5, 0.6) is 0 Å². The number of hydrogen-bond donors (Lipinski definition) is 1. The van der Waals surface area contributed by atoms with E-state index in [2.05, 4.69) is 20.5 Å². The first-order valence-electron chi connectivity index (χ1n) is 7.54. The number of nitrogens with one attached hydrogen (secondary N) is 1. The summed E-state index contributed by atoms with van der Waals surface area (Å²) in [5.74, 6) is -0.377. The standard InChI is InChI=1S/C17H13N5O3S/c23-16(19-13-8-4-5-9-15(13)22(24)25)11-26-17-18-10-14(20-21-17)12-6-2-1-3-7-12/h1-10H,11H2,(H,19,23). The molecule has 0 radical (unpaired) electrons. The number of hydrogen-bond acceptors (Lipinski definition) is 7. The molecule has 3 rings (SSSR count). The maximum absolute atomic E-state index is 12.0. The molecule has 0 aliphatic rings. The lowest BCUT2D eigenvalue weighted by molar-refractivity contribution is -0.383. The third-order valence-corrected chi connectivity index (χ3v) is 4.17. The van der Waals surface area contributed by atoms with Gasteiger partial charge in [-0.1, -0.05) is 54.2 Å². The van der Waals surface area contributed by atoms with Crippen molar-refractivity contribution in [2.45, 2.75) is 5.16 Å². The predicted molar refractivity (Wildman–Crippen MR) is 97.7 cm³/mol. The molecule has 1 amide bonds. The average molecular weight is 367 g/mol.